The summed E-state index contributed by atoms with van der Waals surface area (Å²) < 4.78 is 2.56. The molecule has 0 N–H and O–H groups in total. The van der Waals surface area contributed by atoms with E-state index in [1.165, 1.54) is 68.9 Å². The van der Waals surface area contributed by atoms with Crippen LogP contribution in [0.3, 0.4) is 0 Å². The fraction of sp³-hybridized carbons (Fsp3) is 0. The molecule has 1 heterocycles. The minimum atomic E-state index is -2.69. The molecule has 0 fully saturated rings. The van der Waals surface area contributed by atoms with Gasteiger partial charge in [-0.3, -0.25) is 0 Å². The molecule has 0 saturated heterocycles. The molecule has 0 bridgehead atoms. The predicted molar refractivity (Wildman–Crippen MR) is 249 cm³/mol. The van der Waals surface area contributed by atoms with E-state index in [2.05, 4.69) is 241 Å². The fourth-order valence-electron chi connectivity index (χ4n) is 8.68. The van der Waals surface area contributed by atoms with E-state index in [0.29, 0.717) is 0 Å². The monoisotopic (exact) mass is 761 g/mol. The molecular weight excluding hydrogens is 723 g/mol. The number of hydrogen-bond donors (Lipinski definition) is 0. The number of hydrogen-bond acceptors (Lipinski definition) is 2. The Morgan fingerprint density at radius 3 is 1.23 bits per heavy atom. The van der Waals surface area contributed by atoms with Gasteiger partial charge in [-0.05, 0) is 85.5 Å². The van der Waals surface area contributed by atoms with Crippen LogP contribution >= 0.6 is 11.3 Å². The minimum Gasteiger partial charge on any atom is -0.310 e. The first-order valence-corrected chi connectivity index (χ1v) is 22.3. The molecule has 0 amide bonds. The highest BCUT2D eigenvalue weighted by Crippen LogP contribution is 2.47. The van der Waals surface area contributed by atoms with Gasteiger partial charge in [0.05, 0.1) is 5.69 Å². The Labute approximate surface area is 339 Å². The van der Waals surface area contributed by atoms with Crippen molar-refractivity contribution in [2.75, 3.05) is 4.90 Å². The summed E-state index contributed by atoms with van der Waals surface area (Å²) in [6.45, 7) is 0. The van der Waals surface area contributed by atoms with E-state index in [9.17, 15) is 0 Å². The molecule has 0 unspecified atom stereocenters. The second kappa shape index (κ2) is 15.0. The first-order chi connectivity index (χ1) is 28.3. The second-order valence-corrected chi connectivity index (χ2v) is 19.3. The Morgan fingerprint density at radius 1 is 0.298 bits per heavy atom. The predicted octanol–water partition coefficient (Wildman–Crippen LogP) is 12.2. The lowest BCUT2D eigenvalue weighted by Crippen LogP contribution is -2.74. The highest BCUT2D eigenvalue weighted by molar-refractivity contribution is 7.26. The summed E-state index contributed by atoms with van der Waals surface area (Å²) >= 11 is 1.87. The van der Waals surface area contributed by atoms with Gasteiger partial charge in [0.2, 0.25) is 0 Å². The Kier molecular flexibility index (Phi) is 9.15. The third kappa shape index (κ3) is 6.18. The zero-order chi connectivity index (χ0) is 38.0. The van der Waals surface area contributed by atoms with E-state index in [0.717, 1.165) is 11.4 Å². The Morgan fingerprint density at radius 2 is 0.702 bits per heavy atom. The molecule has 0 saturated carbocycles. The van der Waals surface area contributed by atoms with Gasteiger partial charge in [0.25, 0.3) is 0 Å². The van der Waals surface area contributed by atoms with Gasteiger partial charge in [-0.25, -0.2) is 0 Å². The van der Waals surface area contributed by atoms with Gasteiger partial charge in [-0.2, -0.15) is 0 Å². The van der Waals surface area contributed by atoms with Gasteiger partial charge < -0.3 is 4.90 Å². The summed E-state index contributed by atoms with van der Waals surface area (Å²) in [7, 11) is -2.69. The maximum atomic E-state index is 2.46. The molecule has 9 aromatic carbocycles. The lowest BCUT2D eigenvalue weighted by atomic mass is 9.98. The summed E-state index contributed by atoms with van der Waals surface area (Å²) in [4.78, 5) is 2.46. The SMILES string of the molecule is c1ccc(-c2ccc(N(c3ccc([Si](c4ccccc4)(c4ccccc4)c4ccccc4)cc3)c3cccc4sc5cccc(-c6ccccc6)c5c34)cc2)cc1. The second-order valence-electron chi connectivity index (χ2n) is 14.4. The smallest absolute Gasteiger partial charge is 0.179 e. The van der Waals surface area contributed by atoms with Crippen LogP contribution in [0.25, 0.3) is 42.4 Å². The van der Waals surface area contributed by atoms with Crippen molar-refractivity contribution in [1.82, 2.24) is 0 Å². The van der Waals surface area contributed by atoms with Crippen LogP contribution in [0.4, 0.5) is 17.1 Å². The Hall–Kier alpha value is -6.78. The maximum absolute atomic E-state index is 2.69. The summed E-state index contributed by atoms with van der Waals surface area (Å²) in [5, 5.41) is 8.02. The van der Waals surface area contributed by atoms with Crippen LogP contribution in [-0.2, 0) is 0 Å². The molecule has 270 valence electrons. The lowest BCUT2D eigenvalue weighted by molar-refractivity contribution is 1.30. The molecule has 0 aliphatic rings. The van der Waals surface area contributed by atoms with Gasteiger partial charge in [0.15, 0.2) is 8.07 Å². The molecular formula is C54H39NSSi. The van der Waals surface area contributed by atoms with Crippen LogP contribution in [-0.4, -0.2) is 8.07 Å². The first-order valence-electron chi connectivity index (χ1n) is 19.5. The molecule has 10 rings (SSSR count). The van der Waals surface area contributed by atoms with E-state index in [1.54, 1.807) is 0 Å². The van der Waals surface area contributed by atoms with Crippen LogP contribution in [0.15, 0.2) is 237 Å². The standard InChI is InChI=1S/C54H39NSSi/c1-6-18-40(19-7-1)41-32-34-43(35-33-41)55(50-29-17-31-52-54(50)53-49(28-16-30-51(53)56-52)42-20-8-2-9-21-42)44-36-38-48(39-37-44)57(45-22-10-3-11-23-45,46-24-12-4-13-25-46)47-26-14-5-15-27-47/h1-39H. The van der Waals surface area contributed by atoms with E-state index in [-0.39, 0.29) is 0 Å². The fourth-order valence-corrected chi connectivity index (χ4v) is 14.6. The third-order valence-corrected chi connectivity index (χ3v) is 17.2. The number of rotatable bonds is 9. The highest BCUT2D eigenvalue weighted by atomic mass is 32.1. The van der Waals surface area contributed by atoms with Crippen molar-refractivity contribution in [2.45, 2.75) is 0 Å². The van der Waals surface area contributed by atoms with Gasteiger partial charge >= 0.3 is 0 Å². The summed E-state index contributed by atoms with van der Waals surface area (Å²) in [5.41, 5.74) is 8.29. The molecule has 57 heavy (non-hydrogen) atoms. The Balaban J connectivity index is 1.20. The van der Waals surface area contributed by atoms with Gasteiger partial charge in [-0.15, -0.1) is 11.3 Å². The van der Waals surface area contributed by atoms with Crippen molar-refractivity contribution in [3.63, 3.8) is 0 Å². The normalized spacial score (nSPS) is 11.5. The molecule has 3 heteroatoms. The first kappa shape index (κ1) is 34.7. The molecule has 0 aliphatic carbocycles. The summed E-state index contributed by atoms with van der Waals surface area (Å²) in [6, 6.07) is 87.0. The average molecular weight is 762 g/mol. The van der Waals surface area contributed by atoms with Crippen molar-refractivity contribution in [3.8, 4) is 22.3 Å². The van der Waals surface area contributed by atoms with Crippen LogP contribution in [0.1, 0.15) is 0 Å². The number of nitrogens with zero attached hydrogens (tertiary/aromatic N) is 1. The zero-order valence-electron chi connectivity index (χ0n) is 31.4. The number of benzene rings is 9. The van der Waals surface area contributed by atoms with Crippen LogP contribution in [0.5, 0.6) is 0 Å². The maximum Gasteiger partial charge on any atom is 0.179 e. The van der Waals surface area contributed by atoms with Crippen LogP contribution < -0.4 is 25.6 Å². The van der Waals surface area contributed by atoms with Crippen molar-refractivity contribution in [3.05, 3.63) is 237 Å². The molecule has 0 radical (unpaired) electrons. The van der Waals surface area contributed by atoms with Crippen molar-refractivity contribution < 1.29 is 0 Å². The molecule has 0 spiro atoms. The third-order valence-electron chi connectivity index (χ3n) is 11.2. The number of fused-ring (bicyclic) bond motifs is 3. The number of thiophene rings is 1. The topological polar surface area (TPSA) is 3.24 Å². The van der Waals surface area contributed by atoms with Crippen LogP contribution in [0.2, 0.25) is 0 Å². The summed E-state index contributed by atoms with van der Waals surface area (Å²) in [5.74, 6) is 0. The van der Waals surface area contributed by atoms with Crippen molar-refractivity contribution >= 4 is 77.4 Å². The Bertz CT molecular complexity index is 2810. The lowest BCUT2D eigenvalue weighted by Gasteiger charge is -2.35. The van der Waals surface area contributed by atoms with E-state index in [1.807, 2.05) is 11.3 Å². The zero-order valence-corrected chi connectivity index (χ0v) is 33.2. The highest BCUT2D eigenvalue weighted by Gasteiger charge is 2.41. The average Bonchev–Trinajstić information content (AvgIpc) is 3.69. The molecule has 1 nitrogen and oxygen atoms in total. The quantitative estimate of drug-likeness (QED) is 0.105. The van der Waals surface area contributed by atoms with Crippen molar-refractivity contribution in [1.29, 1.82) is 0 Å². The number of anilines is 3. The van der Waals surface area contributed by atoms with Gasteiger partial charge in [-0.1, -0.05) is 194 Å². The molecule has 0 atom stereocenters. The largest absolute Gasteiger partial charge is 0.310 e. The molecule has 1 aromatic heterocycles. The van der Waals surface area contributed by atoms with E-state index in [4.69, 9.17) is 0 Å². The van der Waals surface area contributed by atoms with E-state index < -0.39 is 8.07 Å². The van der Waals surface area contributed by atoms with Crippen LogP contribution in [0, 0.1) is 0 Å². The summed E-state index contributed by atoms with van der Waals surface area (Å²) in [6.07, 6.45) is 0. The minimum absolute atomic E-state index is 1.11. The van der Waals surface area contributed by atoms with Gasteiger partial charge in [0.1, 0.15) is 0 Å². The van der Waals surface area contributed by atoms with Gasteiger partial charge in [0, 0.05) is 31.5 Å². The molecule has 10 aromatic rings. The van der Waals surface area contributed by atoms with E-state index >= 15 is 0 Å². The van der Waals surface area contributed by atoms with Crippen molar-refractivity contribution in [2.24, 2.45) is 0 Å². The molecule has 0 aliphatic heterocycles.